The number of carbonyl (C=O) groups is 2. The van der Waals surface area contributed by atoms with Crippen molar-refractivity contribution in [3.63, 3.8) is 0 Å². The first kappa shape index (κ1) is 11.6. The fourth-order valence-corrected chi connectivity index (χ4v) is 2.19. The number of imide groups is 1. The summed E-state index contributed by atoms with van der Waals surface area (Å²) in [5.41, 5.74) is 3.66. The van der Waals surface area contributed by atoms with Gasteiger partial charge in [-0.05, 0) is 29.5 Å². The van der Waals surface area contributed by atoms with Gasteiger partial charge in [-0.1, -0.05) is 32.0 Å². The van der Waals surface area contributed by atoms with Gasteiger partial charge in [-0.3, -0.25) is 14.9 Å². The van der Waals surface area contributed by atoms with Crippen LogP contribution in [-0.4, -0.2) is 11.8 Å². The van der Waals surface area contributed by atoms with E-state index in [1.54, 1.807) is 0 Å². The van der Waals surface area contributed by atoms with E-state index >= 15 is 0 Å². The van der Waals surface area contributed by atoms with Crippen molar-refractivity contribution < 1.29 is 9.59 Å². The summed E-state index contributed by atoms with van der Waals surface area (Å²) in [4.78, 5) is 22.9. The summed E-state index contributed by atoms with van der Waals surface area (Å²) >= 11 is 0. The van der Waals surface area contributed by atoms with Gasteiger partial charge >= 0.3 is 0 Å². The lowest BCUT2D eigenvalue weighted by Gasteiger charge is -2.12. The molecule has 3 nitrogen and oxygen atoms in total. The normalized spacial score (nSPS) is 14.8. The molecule has 0 unspecified atom stereocenters. The van der Waals surface area contributed by atoms with Crippen molar-refractivity contribution in [2.75, 3.05) is 0 Å². The second-order valence-corrected chi connectivity index (χ2v) is 4.03. The molecule has 2 amide bonds. The molecule has 0 atom stereocenters. The quantitative estimate of drug-likeness (QED) is 0.804. The second kappa shape index (κ2) is 4.53. The molecule has 0 spiro atoms. The molecule has 88 valence electrons. The molecule has 1 aliphatic heterocycles. The molecule has 0 radical (unpaired) electrons. The van der Waals surface area contributed by atoms with Gasteiger partial charge in [-0.2, -0.15) is 0 Å². The Kier molecular flexibility index (Phi) is 3.09. The highest BCUT2D eigenvalue weighted by Gasteiger charge is 2.25. The van der Waals surface area contributed by atoms with Crippen LogP contribution >= 0.6 is 0 Å². The van der Waals surface area contributed by atoms with Gasteiger partial charge in [0.1, 0.15) is 0 Å². The molecule has 1 N–H and O–H groups in total. The summed E-state index contributed by atoms with van der Waals surface area (Å²) < 4.78 is 0. The molecule has 0 aromatic heterocycles. The number of hydrogen-bond donors (Lipinski definition) is 1. The third-order valence-corrected chi connectivity index (χ3v) is 3.02. The molecule has 0 bridgehead atoms. The Hall–Kier alpha value is -1.90. The van der Waals surface area contributed by atoms with Crippen LogP contribution in [0, 0.1) is 0 Å². The molecule has 0 aliphatic carbocycles. The van der Waals surface area contributed by atoms with Crippen molar-refractivity contribution in [3.8, 4) is 0 Å². The van der Waals surface area contributed by atoms with E-state index in [4.69, 9.17) is 0 Å². The summed E-state index contributed by atoms with van der Waals surface area (Å²) in [7, 11) is 0. The lowest BCUT2D eigenvalue weighted by atomic mass is 9.92. The number of benzene rings is 1. The molecule has 0 fully saturated rings. The Morgan fingerprint density at radius 2 is 1.65 bits per heavy atom. The highest BCUT2D eigenvalue weighted by atomic mass is 16.2. The van der Waals surface area contributed by atoms with E-state index in [0.29, 0.717) is 5.57 Å². The zero-order valence-corrected chi connectivity index (χ0v) is 10.0. The van der Waals surface area contributed by atoms with E-state index < -0.39 is 0 Å². The average molecular weight is 229 g/mol. The minimum Gasteiger partial charge on any atom is -0.289 e. The zero-order valence-electron chi connectivity index (χ0n) is 10.0. The fourth-order valence-electron chi connectivity index (χ4n) is 2.19. The van der Waals surface area contributed by atoms with Crippen molar-refractivity contribution in [2.45, 2.75) is 26.7 Å². The van der Waals surface area contributed by atoms with Crippen LogP contribution in [0.1, 0.15) is 30.5 Å². The molecule has 2 rings (SSSR count). The lowest BCUT2D eigenvalue weighted by molar-refractivity contribution is -0.123. The van der Waals surface area contributed by atoms with Crippen molar-refractivity contribution in [2.24, 2.45) is 0 Å². The van der Waals surface area contributed by atoms with Gasteiger partial charge in [0.2, 0.25) is 0 Å². The molecule has 3 heteroatoms. The lowest BCUT2D eigenvalue weighted by Crippen LogP contribution is -2.22. The van der Waals surface area contributed by atoms with Crippen molar-refractivity contribution in [1.29, 1.82) is 0 Å². The highest BCUT2D eigenvalue weighted by Crippen LogP contribution is 2.27. The third-order valence-electron chi connectivity index (χ3n) is 3.02. The molecule has 1 aromatic rings. The molecule has 1 aromatic carbocycles. The van der Waals surface area contributed by atoms with Gasteiger partial charge < -0.3 is 0 Å². The van der Waals surface area contributed by atoms with Gasteiger partial charge in [0, 0.05) is 6.08 Å². The first-order valence-corrected chi connectivity index (χ1v) is 5.85. The summed E-state index contributed by atoms with van der Waals surface area (Å²) in [6.07, 6.45) is 3.10. The molecule has 17 heavy (non-hydrogen) atoms. The van der Waals surface area contributed by atoms with Crippen LogP contribution in [0.3, 0.4) is 0 Å². The fraction of sp³-hybridized carbons (Fsp3) is 0.286. The number of aryl methyl sites for hydroxylation is 2. The maximum Gasteiger partial charge on any atom is 0.258 e. The Balaban J connectivity index is 2.61. The van der Waals surface area contributed by atoms with E-state index in [1.807, 2.05) is 32.0 Å². The number of amides is 2. The summed E-state index contributed by atoms with van der Waals surface area (Å²) in [5, 5.41) is 2.30. The van der Waals surface area contributed by atoms with Crippen LogP contribution in [0.5, 0.6) is 0 Å². The maximum atomic E-state index is 11.7. The van der Waals surface area contributed by atoms with Crippen molar-refractivity contribution >= 4 is 17.4 Å². The van der Waals surface area contributed by atoms with Crippen LogP contribution < -0.4 is 5.32 Å². The van der Waals surface area contributed by atoms with E-state index in [0.717, 1.165) is 29.5 Å². The van der Waals surface area contributed by atoms with Gasteiger partial charge in [0.05, 0.1) is 5.57 Å². The monoisotopic (exact) mass is 229 g/mol. The molecule has 0 saturated carbocycles. The number of nitrogens with one attached hydrogen (secondary N) is 1. The Morgan fingerprint density at radius 3 is 2.06 bits per heavy atom. The molecular formula is C14H15NO2. The first-order chi connectivity index (χ1) is 8.17. The van der Waals surface area contributed by atoms with Crippen LogP contribution in [0.15, 0.2) is 24.3 Å². The van der Waals surface area contributed by atoms with E-state index in [1.165, 1.54) is 6.08 Å². The molecule has 0 saturated heterocycles. The van der Waals surface area contributed by atoms with Gasteiger partial charge in [0.25, 0.3) is 11.8 Å². The summed E-state index contributed by atoms with van der Waals surface area (Å²) in [6.45, 7) is 4.10. The van der Waals surface area contributed by atoms with E-state index in [9.17, 15) is 9.59 Å². The largest absolute Gasteiger partial charge is 0.289 e. The maximum absolute atomic E-state index is 11.7. The Labute approximate surface area is 101 Å². The first-order valence-electron chi connectivity index (χ1n) is 5.85. The second-order valence-electron chi connectivity index (χ2n) is 4.03. The predicted molar refractivity (Wildman–Crippen MR) is 66.3 cm³/mol. The van der Waals surface area contributed by atoms with Crippen molar-refractivity contribution in [1.82, 2.24) is 5.32 Å². The summed E-state index contributed by atoms with van der Waals surface area (Å²) in [6, 6.07) is 6.01. The molecule has 1 aliphatic rings. The smallest absolute Gasteiger partial charge is 0.258 e. The van der Waals surface area contributed by atoms with Crippen LogP contribution in [0.4, 0.5) is 0 Å². The molecule has 1 heterocycles. The third kappa shape index (κ3) is 2.00. The van der Waals surface area contributed by atoms with E-state index in [-0.39, 0.29) is 11.8 Å². The zero-order chi connectivity index (χ0) is 12.4. The summed E-state index contributed by atoms with van der Waals surface area (Å²) in [5.74, 6) is -0.608. The van der Waals surface area contributed by atoms with Gasteiger partial charge in [-0.15, -0.1) is 0 Å². The Morgan fingerprint density at radius 1 is 1.06 bits per heavy atom. The Bertz CT molecular complexity index is 493. The van der Waals surface area contributed by atoms with Crippen LogP contribution in [0.2, 0.25) is 0 Å². The topological polar surface area (TPSA) is 46.2 Å². The number of carbonyl (C=O) groups excluding carboxylic acids is 2. The van der Waals surface area contributed by atoms with Crippen LogP contribution in [-0.2, 0) is 22.4 Å². The number of hydrogen-bond acceptors (Lipinski definition) is 2. The van der Waals surface area contributed by atoms with Crippen molar-refractivity contribution in [3.05, 3.63) is 41.0 Å². The minimum absolute atomic E-state index is 0.286. The number of rotatable bonds is 3. The minimum atomic E-state index is -0.321. The molecular weight excluding hydrogens is 214 g/mol. The van der Waals surface area contributed by atoms with Crippen LogP contribution in [0.25, 0.3) is 5.57 Å². The predicted octanol–water partition coefficient (Wildman–Crippen LogP) is 1.85. The highest BCUT2D eigenvalue weighted by molar-refractivity contribution is 6.34. The average Bonchev–Trinajstić information content (AvgIpc) is 2.67. The van der Waals surface area contributed by atoms with E-state index in [2.05, 4.69) is 5.32 Å². The standard InChI is InChI=1S/C14H15NO2/c1-3-9-6-5-7-10(4-2)13(9)11-8-12(16)15-14(11)17/h5-8H,3-4H2,1-2H3,(H,15,16,17). The van der Waals surface area contributed by atoms with Gasteiger partial charge in [-0.25, -0.2) is 0 Å². The van der Waals surface area contributed by atoms with Gasteiger partial charge in [0.15, 0.2) is 0 Å². The SMILES string of the molecule is CCc1cccc(CC)c1C1=CC(=O)NC1=O.